The number of esters is 1. The van der Waals surface area contributed by atoms with Crippen molar-refractivity contribution in [2.45, 2.75) is 31.2 Å². The third-order valence-electron chi connectivity index (χ3n) is 3.97. The fourth-order valence-corrected chi connectivity index (χ4v) is 3.32. The molecule has 0 aliphatic carbocycles. The predicted molar refractivity (Wildman–Crippen MR) is 108 cm³/mol. The summed E-state index contributed by atoms with van der Waals surface area (Å²) >= 11 is 1.35. The summed E-state index contributed by atoms with van der Waals surface area (Å²) in [5.41, 5.74) is 3.19. The van der Waals surface area contributed by atoms with E-state index in [2.05, 4.69) is 15.5 Å². The highest BCUT2D eigenvalue weighted by Gasteiger charge is 2.16. The molecule has 3 rings (SSSR count). The minimum absolute atomic E-state index is 0.309. The van der Waals surface area contributed by atoms with Crippen molar-refractivity contribution in [3.05, 3.63) is 76.8 Å². The van der Waals surface area contributed by atoms with Crippen LogP contribution >= 0.6 is 11.8 Å². The quantitative estimate of drug-likeness (QED) is 0.448. The Labute approximate surface area is 172 Å². The second-order valence-corrected chi connectivity index (χ2v) is 7.38. The summed E-state index contributed by atoms with van der Waals surface area (Å²) < 4.78 is 10.2. The van der Waals surface area contributed by atoms with Crippen LogP contribution in [0.2, 0.25) is 0 Å². The molecule has 2 heterocycles. The maximum absolute atomic E-state index is 12.4. The van der Waals surface area contributed by atoms with Crippen molar-refractivity contribution < 1.29 is 18.8 Å². The van der Waals surface area contributed by atoms with Gasteiger partial charge in [0.2, 0.25) is 0 Å². The van der Waals surface area contributed by atoms with Gasteiger partial charge in [-0.15, -0.1) is 0 Å². The maximum atomic E-state index is 12.4. The van der Waals surface area contributed by atoms with Gasteiger partial charge in [0.15, 0.2) is 6.61 Å². The molecule has 0 spiro atoms. The molecule has 0 saturated carbocycles. The first kappa shape index (κ1) is 20.6. The molecule has 8 heteroatoms. The highest BCUT2D eigenvalue weighted by atomic mass is 32.2. The summed E-state index contributed by atoms with van der Waals surface area (Å²) in [4.78, 5) is 28.6. The molecule has 0 saturated heterocycles. The summed E-state index contributed by atoms with van der Waals surface area (Å²) in [5, 5.41) is 7.17. The van der Waals surface area contributed by atoms with E-state index >= 15 is 0 Å². The molecular formula is C21H21N3O4S. The maximum Gasteiger partial charge on any atom is 0.341 e. The van der Waals surface area contributed by atoms with E-state index in [0.29, 0.717) is 22.9 Å². The molecule has 0 unspecified atom stereocenters. The number of aryl methyl sites for hydroxylation is 2. The SMILES string of the molecule is Cc1ccc(CNC(=O)COC(=O)c2cccnc2SCc2cc(C)on2)cc1. The lowest BCUT2D eigenvalue weighted by atomic mass is 10.1. The fourth-order valence-electron chi connectivity index (χ4n) is 2.46. The Hall–Kier alpha value is -3.13. The average molecular weight is 411 g/mol. The van der Waals surface area contributed by atoms with Crippen molar-refractivity contribution in [2.24, 2.45) is 0 Å². The summed E-state index contributed by atoms with van der Waals surface area (Å²) in [5.74, 6) is 0.265. The third kappa shape index (κ3) is 6.18. The van der Waals surface area contributed by atoms with Crippen molar-refractivity contribution in [1.82, 2.24) is 15.5 Å². The third-order valence-corrected chi connectivity index (χ3v) is 5.01. The van der Waals surface area contributed by atoms with Gasteiger partial charge >= 0.3 is 5.97 Å². The first-order chi connectivity index (χ1) is 14.0. The number of amides is 1. The number of nitrogens with zero attached hydrogens (tertiary/aromatic N) is 2. The number of aromatic nitrogens is 2. The number of nitrogens with one attached hydrogen (secondary N) is 1. The molecule has 0 aliphatic rings. The van der Waals surface area contributed by atoms with Crippen molar-refractivity contribution in [1.29, 1.82) is 0 Å². The van der Waals surface area contributed by atoms with Crippen molar-refractivity contribution in [2.75, 3.05) is 6.61 Å². The van der Waals surface area contributed by atoms with Gasteiger partial charge in [-0.05, 0) is 31.5 Å². The lowest BCUT2D eigenvalue weighted by Gasteiger charge is -2.09. The van der Waals surface area contributed by atoms with Gasteiger partial charge in [0.1, 0.15) is 10.8 Å². The number of hydrogen-bond donors (Lipinski definition) is 1. The van der Waals surface area contributed by atoms with Gasteiger partial charge in [-0.25, -0.2) is 9.78 Å². The van der Waals surface area contributed by atoms with Gasteiger partial charge in [-0.3, -0.25) is 4.79 Å². The van der Waals surface area contributed by atoms with E-state index < -0.39 is 5.97 Å². The van der Waals surface area contributed by atoms with Gasteiger partial charge in [0.05, 0.1) is 11.3 Å². The molecule has 1 amide bonds. The van der Waals surface area contributed by atoms with Crippen LogP contribution in [-0.2, 0) is 21.8 Å². The van der Waals surface area contributed by atoms with E-state index in [0.717, 1.165) is 22.6 Å². The number of hydrogen-bond acceptors (Lipinski definition) is 7. The lowest BCUT2D eigenvalue weighted by Crippen LogP contribution is -2.28. The molecule has 7 nitrogen and oxygen atoms in total. The van der Waals surface area contributed by atoms with Crippen molar-refractivity contribution >= 4 is 23.6 Å². The molecule has 0 radical (unpaired) electrons. The molecule has 2 aromatic heterocycles. The standard InChI is InChI=1S/C21H21N3O4S/c1-14-5-7-16(8-6-14)11-23-19(25)12-27-21(26)18-4-3-9-22-20(18)29-13-17-10-15(2)28-24-17/h3-10H,11-13H2,1-2H3,(H,23,25). The highest BCUT2D eigenvalue weighted by Crippen LogP contribution is 2.24. The van der Waals surface area contributed by atoms with Crippen LogP contribution in [-0.4, -0.2) is 28.6 Å². The summed E-state index contributed by atoms with van der Waals surface area (Å²) in [6.45, 7) is 3.84. The fraction of sp³-hybridized carbons (Fsp3) is 0.238. The Bertz CT molecular complexity index is 986. The molecule has 3 aromatic rings. The van der Waals surface area contributed by atoms with E-state index in [4.69, 9.17) is 9.26 Å². The van der Waals surface area contributed by atoms with Crippen LogP contribution in [0.3, 0.4) is 0 Å². The number of pyridine rings is 1. The number of benzene rings is 1. The zero-order valence-corrected chi connectivity index (χ0v) is 17.0. The first-order valence-electron chi connectivity index (χ1n) is 9.00. The number of ether oxygens (including phenoxy) is 1. The topological polar surface area (TPSA) is 94.3 Å². The van der Waals surface area contributed by atoms with E-state index in [1.165, 1.54) is 11.8 Å². The van der Waals surface area contributed by atoms with Crippen LogP contribution in [0.4, 0.5) is 0 Å². The zero-order chi connectivity index (χ0) is 20.6. The van der Waals surface area contributed by atoms with Crippen molar-refractivity contribution in [3.8, 4) is 0 Å². The monoisotopic (exact) mass is 411 g/mol. The number of rotatable bonds is 8. The minimum atomic E-state index is -0.595. The Morgan fingerprint density at radius 3 is 2.69 bits per heavy atom. The van der Waals surface area contributed by atoms with Gasteiger partial charge in [0, 0.05) is 24.6 Å². The van der Waals surface area contributed by atoms with E-state index in [1.807, 2.05) is 44.2 Å². The number of thioether (sulfide) groups is 1. The molecule has 0 fully saturated rings. The normalized spacial score (nSPS) is 10.6. The van der Waals surface area contributed by atoms with Crippen LogP contribution in [0.1, 0.15) is 32.9 Å². The molecule has 1 N–H and O–H groups in total. The summed E-state index contributed by atoms with van der Waals surface area (Å²) in [6.07, 6.45) is 1.60. The van der Waals surface area contributed by atoms with Gasteiger partial charge in [-0.1, -0.05) is 46.7 Å². The van der Waals surface area contributed by atoms with Crippen LogP contribution < -0.4 is 5.32 Å². The van der Waals surface area contributed by atoms with Crippen molar-refractivity contribution in [3.63, 3.8) is 0 Å². The van der Waals surface area contributed by atoms with Crippen LogP contribution in [0.5, 0.6) is 0 Å². The van der Waals surface area contributed by atoms with E-state index in [1.54, 1.807) is 18.3 Å². The summed E-state index contributed by atoms with van der Waals surface area (Å²) in [7, 11) is 0. The number of carbonyl (C=O) groups is 2. The van der Waals surface area contributed by atoms with E-state index in [9.17, 15) is 9.59 Å². The molecular weight excluding hydrogens is 390 g/mol. The van der Waals surface area contributed by atoms with Crippen LogP contribution in [0.25, 0.3) is 0 Å². The second kappa shape index (κ2) is 9.88. The second-order valence-electron chi connectivity index (χ2n) is 6.41. The molecule has 0 aliphatic heterocycles. The predicted octanol–water partition coefficient (Wildman–Crippen LogP) is 3.45. The van der Waals surface area contributed by atoms with Crippen LogP contribution in [0, 0.1) is 13.8 Å². The lowest BCUT2D eigenvalue weighted by molar-refractivity contribution is -0.124. The minimum Gasteiger partial charge on any atom is -0.452 e. The number of carbonyl (C=O) groups excluding carboxylic acids is 2. The Morgan fingerprint density at radius 1 is 1.17 bits per heavy atom. The van der Waals surface area contributed by atoms with Gasteiger partial charge < -0.3 is 14.6 Å². The first-order valence-corrected chi connectivity index (χ1v) is 9.99. The molecule has 0 bridgehead atoms. The smallest absolute Gasteiger partial charge is 0.341 e. The largest absolute Gasteiger partial charge is 0.452 e. The van der Waals surface area contributed by atoms with E-state index in [-0.39, 0.29) is 12.5 Å². The van der Waals surface area contributed by atoms with Gasteiger partial charge in [-0.2, -0.15) is 0 Å². The Kier molecular flexibility index (Phi) is 7.02. The molecule has 150 valence electrons. The highest BCUT2D eigenvalue weighted by molar-refractivity contribution is 7.98. The molecule has 1 aromatic carbocycles. The Balaban J connectivity index is 1.50. The molecule has 29 heavy (non-hydrogen) atoms. The summed E-state index contributed by atoms with van der Waals surface area (Å²) in [6, 6.07) is 12.9. The van der Waals surface area contributed by atoms with Crippen LogP contribution in [0.15, 0.2) is 58.2 Å². The van der Waals surface area contributed by atoms with Gasteiger partial charge in [0.25, 0.3) is 5.91 Å². The average Bonchev–Trinajstić information content (AvgIpc) is 3.15. The zero-order valence-electron chi connectivity index (χ0n) is 16.2. The molecule has 0 atom stereocenters. The Morgan fingerprint density at radius 2 is 1.97 bits per heavy atom.